The van der Waals surface area contributed by atoms with E-state index in [-0.39, 0.29) is 16.7 Å². The van der Waals surface area contributed by atoms with Gasteiger partial charge in [-0.3, -0.25) is 4.79 Å². The average Bonchev–Trinajstić information content (AvgIpc) is 1.98. The molecule has 0 aliphatic heterocycles. The van der Waals surface area contributed by atoms with Crippen LogP contribution in [-0.2, 0) is 4.79 Å². The molecule has 1 atom stereocenters. The van der Waals surface area contributed by atoms with E-state index in [0.717, 1.165) is 12.8 Å². The highest BCUT2D eigenvalue weighted by Crippen LogP contribution is 2.42. The summed E-state index contributed by atoms with van der Waals surface area (Å²) in [4.78, 5) is 13.4. The Morgan fingerprint density at radius 3 is 2.43 bits per heavy atom. The molecular weight excluding hydrogens is 196 g/mol. The van der Waals surface area contributed by atoms with Gasteiger partial charge in [-0.15, -0.1) is 0 Å². The number of nitrogens with one attached hydrogen (secondary N) is 1. The van der Waals surface area contributed by atoms with Crippen LogP contribution in [0.15, 0.2) is 0 Å². The number of thiol groups is 1. The maximum atomic E-state index is 11.8. The minimum absolute atomic E-state index is 0.149. The van der Waals surface area contributed by atoms with Crippen LogP contribution in [0.3, 0.4) is 0 Å². The molecule has 0 saturated heterocycles. The van der Waals surface area contributed by atoms with E-state index in [1.807, 2.05) is 27.9 Å². The number of hydrogen-bond acceptors (Lipinski definition) is 3. The number of carbonyl (C=O) groups is 1. The molecule has 1 fully saturated rings. The van der Waals surface area contributed by atoms with Gasteiger partial charge in [0.2, 0.25) is 5.91 Å². The van der Waals surface area contributed by atoms with Crippen molar-refractivity contribution >= 4 is 18.5 Å². The van der Waals surface area contributed by atoms with Gasteiger partial charge < -0.3 is 10.2 Å². The molecule has 1 unspecified atom stereocenters. The average molecular weight is 216 g/mol. The fourth-order valence-electron chi connectivity index (χ4n) is 2.20. The van der Waals surface area contributed by atoms with Crippen molar-refractivity contribution in [1.82, 2.24) is 10.2 Å². The van der Waals surface area contributed by atoms with Gasteiger partial charge in [-0.05, 0) is 19.8 Å². The zero-order valence-corrected chi connectivity index (χ0v) is 10.3. The highest BCUT2D eigenvalue weighted by atomic mass is 32.1. The van der Waals surface area contributed by atoms with Gasteiger partial charge in [-0.1, -0.05) is 6.92 Å². The minimum atomic E-state index is -0.149. The van der Waals surface area contributed by atoms with Crippen molar-refractivity contribution in [2.24, 2.45) is 5.41 Å². The summed E-state index contributed by atoms with van der Waals surface area (Å²) in [5.74, 6) is 0.238. The van der Waals surface area contributed by atoms with Crippen molar-refractivity contribution in [3.8, 4) is 0 Å². The van der Waals surface area contributed by atoms with Gasteiger partial charge in [0, 0.05) is 30.9 Å². The molecule has 1 saturated carbocycles. The molecule has 0 aromatic carbocycles. The van der Waals surface area contributed by atoms with Gasteiger partial charge in [0.1, 0.15) is 0 Å². The summed E-state index contributed by atoms with van der Waals surface area (Å²) in [5, 5.41) is 3.53. The topological polar surface area (TPSA) is 32.3 Å². The fourth-order valence-corrected chi connectivity index (χ4v) is 2.41. The van der Waals surface area contributed by atoms with Crippen LogP contribution >= 0.6 is 12.6 Å². The molecule has 4 heteroatoms. The van der Waals surface area contributed by atoms with Crippen LogP contribution in [0.1, 0.15) is 26.7 Å². The number of rotatable bonds is 3. The lowest BCUT2D eigenvalue weighted by Gasteiger charge is -2.46. The molecule has 82 valence electrons. The third-order valence-corrected chi connectivity index (χ3v) is 2.94. The Morgan fingerprint density at radius 2 is 2.07 bits per heavy atom. The highest BCUT2D eigenvalue weighted by molar-refractivity contribution is 7.80. The zero-order chi connectivity index (χ0) is 10.9. The summed E-state index contributed by atoms with van der Waals surface area (Å²) in [6.07, 6.45) is 1.85. The predicted molar refractivity (Wildman–Crippen MR) is 61.4 cm³/mol. The van der Waals surface area contributed by atoms with E-state index in [1.165, 1.54) is 0 Å². The summed E-state index contributed by atoms with van der Waals surface area (Å²) < 4.78 is 0. The summed E-state index contributed by atoms with van der Waals surface area (Å²) in [6, 6.07) is 0.455. The Kier molecular flexibility index (Phi) is 3.48. The first-order valence-electron chi connectivity index (χ1n) is 5.01. The summed E-state index contributed by atoms with van der Waals surface area (Å²) >= 11 is 4.27. The van der Waals surface area contributed by atoms with Crippen LogP contribution in [0.5, 0.6) is 0 Å². The van der Waals surface area contributed by atoms with E-state index in [2.05, 4.69) is 17.9 Å². The Labute approximate surface area is 91.6 Å². The maximum Gasteiger partial charge on any atom is 0.228 e. The highest BCUT2D eigenvalue weighted by Gasteiger charge is 2.46. The Bertz CT molecular complexity index is 222. The lowest BCUT2D eigenvalue weighted by molar-refractivity contribution is -0.144. The second kappa shape index (κ2) is 4.11. The molecule has 0 spiro atoms. The van der Waals surface area contributed by atoms with E-state index >= 15 is 0 Å². The summed E-state index contributed by atoms with van der Waals surface area (Å²) in [6.45, 7) is 4.04. The molecular formula is C10H20N2OS. The minimum Gasteiger partial charge on any atom is -0.348 e. The van der Waals surface area contributed by atoms with Crippen molar-refractivity contribution in [1.29, 1.82) is 0 Å². The van der Waals surface area contributed by atoms with Crippen LogP contribution < -0.4 is 5.32 Å². The SMILES string of the molecule is CC(S)NC1CC(C)(C(=O)N(C)C)C1. The van der Waals surface area contributed by atoms with E-state index in [9.17, 15) is 4.79 Å². The van der Waals surface area contributed by atoms with E-state index < -0.39 is 0 Å². The van der Waals surface area contributed by atoms with Crippen LogP contribution in [0.4, 0.5) is 0 Å². The molecule has 14 heavy (non-hydrogen) atoms. The Morgan fingerprint density at radius 1 is 1.57 bits per heavy atom. The summed E-state index contributed by atoms with van der Waals surface area (Å²) in [7, 11) is 3.63. The molecule has 0 aromatic rings. The first kappa shape index (κ1) is 11.9. The number of amides is 1. The third-order valence-electron chi connectivity index (χ3n) is 2.79. The number of carbonyl (C=O) groups excluding carboxylic acids is 1. The molecule has 0 radical (unpaired) electrons. The van der Waals surface area contributed by atoms with Gasteiger partial charge >= 0.3 is 0 Å². The van der Waals surface area contributed by atoms with E-state index in [0.29, 0.717) is 6.04 Å². The van der Waals surface area contributed by atoms with Gasteiger partial charge in [-0.25, -0.2) is 0 Å². The quantitative estimate of drug-likeness (QED) is 0.547. The van der Waals surface area contributed by atoms with Gasteiger partial charge in [0.05, 0.1) is 0 Å². The second-order valence-electron chi connectivity index (χ2n) is 4.71. The van der Waals surface area contributed by atoms with Crippen LogP contribution in [0, 0.1) is 5.41 Å². The van der Waals surface area contributed by atoms with Crippen molar-refractivity contribution < 1.29 is 4.79 Å². The Hall–Kier alpha value is -0.220. The van der Waals surface area contributed by atoms with Crippen LogP contribution in [0.2, 0.25) is 0 Å². The molecule has 0 bridgehead atoms. The number of hydrogen-bond donors (Lipinski definition) is 2. The van der Waals surface area contributed by atoms with Crippen molar-refractivity contribution in [3.63, 3.8) is 0 Å². The number of nitrogens with zero attached hydrogens (tertiary/aromatic N) is 1. The van der Waals surface area contributed by atoms with E-state index in [1.54, 1.807) is 4.90 Å². The fraction of sp³-hybridized carbons (Fsp3) is 0.900. The molecule has 3 nitrogen and oxygen atoms in total. The van der Waals surface area contributed by atoms with Crippen molar-refractivity contribution in [2.45, 2.75) is 38.1 Å². The normalized spacial score (nSPS) is 33.4. The van der Waals surface area contributed by atoms with Crippen LogP contribution in [-0.4, -0.2) is 36.3 Å². The molecule has 1 N–H and O–H groups in total. The van der Waals surface area contributed by atoms with E-state index in [4.69, 9.17) is 0 Å². The lowest BCUT2D eigenvalue weighted by Crippen LogP contribution is -2.55. The first-order valence-corrected chi connectivity index (χ1v) is 5.53. The molecule has 1 aliphatic carbocycles. The maximum absolute atomic E-state index is 11.8. The van der Waals surface area contributed by atoms with Gasteiger partial charge in [0.15, 0.2) is 0 Å². The molecule has 0 heterocycles. The van der Waals surface area contributed by atoms with Gasteiger partial charge in [0.25, 0.3) is 0 Å². The third kappa shape index (κ3) is 2.42. The molecule has 1 amide bonds. The van der Waals surface area contributed by atoms with Crippen molar-refractivity contribution in [2.75, 3.05) is 14.1 Å². The largest absolute Gasteiger partial charge is 0.348 e. The first-order chi connectivity index (χ1) is 6.35. The zero-order valence-electron chi connectivity index (χ0n) is 9.37. The molecule has 1 aliphatic rings. The second-order valence-corrected chi connectivity index (χ2v) is 5.48. The standard InChI is InChI=1S/C10H20N2OS/c1-7(14)11-8-5-10(2,6-8)9(13)12(3)4/h7-8,11,14H,5-6H2,1-4H3. The molecule has 0 aromatic heterocycles. The predicted octanol–water partition coefficient (Wildman–Crippen LogP) is 1.11. The van der Waals surface area contributed by atoms with Gasteiger partial charge in [-0.2, -0.15) is 12.6 Å². The monoisotopic (exact) mass is 216 g/mol. The summed E-state index contributed by atoms with van der Waals surface area (Å²) in [5.41, 5.74) is -0.149. The molecule has 1 rings (SSSR count). The Balaban J connectivity index is 2.41. The lowest BCUT2D eigenvalue weighted by atomic mass is 9.66. The van der Waals surface area contributed by atoms with Crippen molar-refractivity contribution in [3.05, 3.63) is 0 Å². The van der Waals surface area contributed by atoms with Crippen LogP contribution in [0.25, 0.3) is 0 Å². The smallest absolute Gasteiger partial charge is 0.228 e.